The number of nitrogens with one attached hydrogen (secondary N) is 1. The molecule has 0 aliphatic carbocycles. The summed E-state index contributed by atoms with van der Waals surface area (Å²) >= 11 is 0. The second kappa shape index (κ2) is 19.0. The van der Waals surface area contributed by atoms with Crippen LogP contribution in [0.5, 0.6) is 23.0 Å². The third-order valence-corrected chi connectivity index (χ3v) is 8.57. The van der Waals surface area contributed by atoms with E-state index in [9.17, 15) is 9.90 Å². The molecule has 0 saturated carbocycles. The zero-order valence-electron chi connectivity index (χ0n) is 31.2. The fraction of sp³-hybridized carbons (Fsp3) is 0.341. The van der Waals surface area contributed by atoms with Gasteiger partial charge in [-0.2, -0.15) is 0 Å². The highest BCUT2D eigenvalue weighted by molar-refractivity contribution is 5.80. The number of aromatic nitrogens is 4. The molecule has 2 aromatic heterocycles. The molecule has 0 fully saturated rings. The number of ether oxygens (including phenoxy) is 4. The summed E-state index contributed by atoms with van der Waals surface area (Å²) in [6.07, 6.45) is 0. The Morgan fingerprint density at radius 2 is 1.15 bits per heavy atom. The summed E-state index contributed by atoms with van der Waals surface area (Å²) in [7, 11) is 0. The molecule has 0 saturated heterocycles. The monoisotopic (exact) mass is 722 g/mol. The van der Waals surface area contributed by atoms with Gasteiger partial charge in [0.15, 0.2) is 0 Å². The average molecular weight is 723 g/mol. The van der Waals surface area contributed by atoms with Gasteiger partial charge in [-0.1, -0.05) is 35.4 Å². The normalized spacial score (nSPS) is 11.7. The lowest BCUT2D eigenvalue weighted by molar-refractivity contribution is -0.119. The van der Waals surface area contributed by atoms with E-state index >= 15 is 0 Å². The van der Waals surface area contributed by atoms with Crippen LogP contribution in [0.4, 0.5) is 0 Å². The minimum absolute atomic E-state index is 0.102. The Morgan fingerprint density at radius 1 is 0.717 bits per heavy atom. The van der Waals surface area contributed by atoms with E-state index in [0.29, 0.717) is 51.9 Å². The zero-order chi connectivity index (χ0) is 37.7. The van der Waals surface area contributed by atoms with Crippen molar-refractivity contribution in [2.75, 3.05) is 26.4 Å². The number of primary amides is 1. The van der Waals surface area contributed by atoms with Gasteiger partial charge in [-0.3, -0.25) is 10.1 Å². The van der Waals surface area contributed by atoms with Crippen molar-refractivity contribution in [3.05, 3.63) is 108 Å². The van der Waals surface area contributed by atoms with Gasteiger partial charge in [0.2, 0.25) is 5.91 Å². The number of aryl methyl sites for hydroxylation is 2. The third kappa shape index (κ3) is 10.6. The summed E-state index contributed by atoms with van der Waals surface area (Å²) in [5.41, 5.74) is 11.3. The van der Waals surface area contributed by atoms with Crippen LogP contribution >= 0.6 is 0 Å². The highest BCUT2D eigenvalue weighted by Gasteiger charge is 2.15. The Morgan fingerprint density at radius 3 is 1.58 bits per heavy atom. The highest BCUT2D eigenvalue weighted by atomic mass is 16.5. The second-order valence-electron chi connectivity index (χ2n) is 12.5. The third-order valence-electron chi connectivity index (χ3n) is 8.57. The molecular weight excluding hydrogens is 672 g/mol. The molecule has 12 heteroatoms. The Kier molecular flexibility index (Phi) is 14.0. The van der Waals surface area contributed by atoms with Crippen LogP contribution in [0.2, 0.25) is 0 Å². The number of hydrogen-bond donors (Lipinski definition) is 3. The largest absolute Gasteiger partial charge is 0.457 e. The lowest BCUT2D eigenvalue weighted by Gasteiger charge is -2.13. The first kappa shape index (κ1) is 38.9. The van der Waals surface area contributed by atoms with Crippen molar-refractivity contribution in [3.8, 4) is 23.0 Å². The Hall–Kier alpha value is -5.27. The maximum absolute atomic E-state index is 11.3. The van der Waals surface area contributed by atoms with Gasteiger partial charge in [-0.15, -0.1) is 0 Å². The number of aliphatic hydroxyl groups is 1. The Balaban J connectivity index is 0.000000208. The van der Waals surface area contributed by atoms with Gasteiger partial charge >= 0.3 is 0 Å². The molecule has 0 aliphatic heterocycles. The maximum Gasteiger partial charge on any atom is 0.234 e. The predicted octanol–water partition coefficient (Wildman–Crippen LogP) is 6.80. The molecule has 12 nitrogen and oxygen atoms in total. The Labute approximate surface area is 310 Å². The average Bonchev–Trinajstić information content (AvgIpc) is 3.69. The first-order valence-corrected chi connectivity index (χ1v) is 17.9. The van der Waals surface area contributed by atoms with Crippen molar-refractivity contribution in [1.82, 2.24) is 24.4 Å². The molecule has 4 N–H and O–H groups in total. The molecule has 53 heavy (non-hydrogen) atoms. The maximum atomic E-state index is 11.3. The smallest absolute Gasteiger partial charge is 0.234 e. The van der Waals surface area contributed by atoms with E-state index in [-0.39, 0.29) is 6.61 Å². The highest BCUT2D eigenvalue weighted by Crippen LogP contribution is 2.28. The summed E-state index contributed by atoms with van der Waals surface area (Å²) in [6, 6.07) is 27.0. The van der Waals surface area contributed by atoms with Gasteiger partial charge in [-0.05, 0) is 83.1 Å². The van der Waals surface area contributed by atoms with E-state index in [2.05, 4.69) is 14.9 Å². The quantitative estimate of drug-likeness (QED) is 0.0865. The van der Waals surface area contributed by atoms with E-state index in [1.54, 1.807) is 6.92 Å². The summed E-state index contributed by atoms with van der Waals surface area (Å²) in [4.78, 5) is 20.5. The summed E-state index contributed by atoms with van der Waals surface area (Å²) in [5, 5.41) is 12.7. The molecule has 2 heterocycles. The molecule has 280 valence electrons. The molecule has 0 unspecified atom stereocenters. The number of nitrogens with zero attached hydrogens (tertiary/aromatic N) is 4. The van der Waals surface area contributed by atoms with Gasteiger partial charge in [0.05, 0.1) is 47.9 Å². The first-order chi connectivity index (χ1) is 25.7. The van der Waals surface area contributed by atoms with Crippen molar-refractivity contribution in [3.63, 3.8) is 0 Å². The lowest BCUT2D eigenvalue weighted by atomic mass is 10.2. The minimum atomic E-state index is -0.435. The van der Waals surface area contributed by atoms with Crippen molar-refractivity contribution < 1.29 is 28.8 Å². The van der Waals surface area contributed by atoms with E-state index in [4.69, 9.17) is 29.7 Å². The molecule has 4 aromatic carbocycles. The molecule has 6 rings (SSSR count). The molecular formula is C41H50N6O6. The topological polar surface area (TPSA) is 148 Å². The molecule has 0 bridgehead atoms. The zero-order valence-corrected chi connectivity index (χ0v) is 31.2. The van der Waals surface area contributed by atoms with Crippen molar-refractivity contribution in [2.24, 2.45) is 5.73 Å². The number of carbonyl (C=O) groups excluding carboxylic acids is 1. The fourth-order valence-corrected chi connectivity index (χ4v) is 5.62. The number of fused-ring (bicyclic) bond motifs is 2. The van der Waals surface area contributed by atoms with E-state index in [0.717, 1.165) is 50.9 Å². The molecule has 0 spiro atoms. The van der Waals surface area contributed by atoms with Crippen LogP contribution in [0.15, 0.2) is 84.9 Å². The molecule has 1 amide bonds. The van der Waals surface area contributed by atoms with Crippen molar-refractivity contribution in [1.29, 1.82) is 0 Å². The van der Waals surface area contributed by atoms with Gasteiger partial charge < -0.3 is 38.9 Å². The van der Waals surface area contributed by atoms with Gasteiger partial charge in [0, 0.05) is 38.4 Å². The molecule has 0 radical (unpaired) electrons. The molecule has 1 atom stereocenters. The minimum Gasteiger partial charge on any atom is -0.457 e. The van der Waals surface area contributed by atoms with Crippen LogP contribution in [0.1, 0.15) is 43.5 Å². The number of benzene rings is 4. The van der Waals surface area contributed by atoms with Gasteiger partial charge in [0.1, 0.15) is 41.3 Å². The number of aliphatic hydroxyl groups excluding tert-OH is 1. The van der Waals surface area contributed by atoms with Crippen molar-refractivity contribution >= 4 is 28.0 Å². The standard InChI is InChI=1S/C22H28N4O3.C19H22N2O3/c1-4-28-12-11-26-20-13-18(29-17-7-5-15(2)6-8-17)9-10-19(20)25-21(26)14-24-16(3)22(23)27;1-3-23-11-10-21-18-12-16(8-9-17(18)20-19(21)13-22)24-15-6-4-14(2)5-7-15/h5-10,13,16,24H,4,11-12,14H2,1-3H3,(H2,23,27);4-9,12,22H,3,10-11,13H2,1-2H3/t16-;/m0./s1. The molecule has 0 aliphatic rings. The SMILES string of the molecule is CCOCCn1c(CN[C@@H](C)C(N)=O)nc2ccc(Oc3ccc(C)cc3)cc21.CCOCCn1c(CO)nc2ccc(Oc3ccc(C)cc3)cc21. The number of rotatable bonds is 17. The predicted molar refractivity (Wildman–Crippen MR) is 206 cm³/mol. The van der Waals surface area contributed by atoms with Gasteiger partial charge in [-0.25, -0.2) is 9.97 Å². The number of carbonyl (C=O) groups is 1. The van der Waals surface area contributed by atoms with Crippen LogP contribution in [-0.4, -0.2) is 62.6 Å². The van der Waals surface area contributed by atoms with E-state index in [1.165, 1.54) is 11.1 Å². The first-order valence-electron chi connectivity index (χ1n) is 17.9. The number of nitrogens with two attached hydrogens (primary N) is 1. The summed E-state index contributed by atoms with van der Waals surface area (Å²) in [5.74, 6) is 4.13. The van der Waals surface area contributed by atoms with Crippen LogP contribution in [0, 0.1) is 13.8 Å². The van der Waals surface area contributed by atoms with Crippen LogP contribution < -0.4 is 20.5 Å². The van der Waals surface area contributed by atoms with Crippen LogP contribution in [0.3, 0.4) is 0 Å². The lowest BCUT2D eigenvalue weighted by Crippen LogP contribution is -2.38. The number of hydrogen-bond acceptors (Lipinski definition) is 9. The van der Waals surface area contributed by atoms with E-state index in [1.807, 2.05) is 117 Å². The Bertz CT molecular complexity index is 2070. The van der Waals surface area contributed by atoms with Crippen LogP contribution in [0.25, 0.3) is 22.1 Å². The fourth-order valence-electron chi connectivity index (χ4n) is 5.62. The summed E-state index contributed by atoms with van der Waals surface area (Å²) in [6.45, 7) is 13.9. The second-order valence-corrected chi connectivity index (χ2v) is 12.5. The number of imidazole rings is 2. The van der Waals surface area contributed by atoms with Gasteiger partial charge in [0.25, 0.3) is 0 Å². The number of amides is 1. The van der Waals surface area contributed by atoms with Crippen LogP contribution in [-0.2, 0) is 40.5 Å². The van der Waals surface area contributed by atoms with Crippen molar-refractivity contribution in [2.45, 2.75) is 66.9 Å². The molecule has 6 aromatic rings. The van der Waals surface area contributed by atoms with E-state index < -0.39 is 11.9 Å². The summed E-state index contributed by atoms with van der Waals surface area (Å²) < 4.78 is 27.0.